The number of hydrogen-bond acceptors (Lipinski definition) is 8. The van der Waals surface area contributed by atoms with Gasteiger partial charge in [0.2, 0.25) is 5.88 Å². The Morgan fingerprint density at radius 2 is 2.06 bits per heavy atom. The molecule has 9 nitrogen and oxygen atoms in total. The van der Waals surface area contributed by atoms with Gasteiger partial charge < -0.3 is 14.6 Å². The van der Waals surface area contributed by atoms with Crippen LogP contribution in [0.2, 0.25) is 5.02 Å². The highest BCUT2D eigenvalue weighted by atomic mass is 35.5. The Labute approximate surface area is 182 Å². The van der Waals surface area contributed by atoms with Crippen molar-refractivity contribution in [2.24, 2.45) is 0 Å². The molecular formula is C21H18ClN5O4. The summed E-state index contributed by atoms with van der Waals surface area (Å²) < 4.78 is 11.6. The zero-order valence-corrected chi connectivity index (χ0v) is 17.4. The van der Waals surface area contributed by atoms with Crippen LogP contribution in [0.15, 0.2) is 48.8 Å². The molecule has 4 aromatic rings. The molecular weight excluding hydrogens is 422 g/mol. The van der Waals surface area contributed by atoms with E-state index in [2.05, 4.69) is 20.3 Å². The number of carbonyl (C=O) groups is 1. The Balaban J connectivity index is 1.70. The Hall–Kier alpha value is -3.56. The molecule has 0 bridgehead atoms. The van der Waals surface area contributed by atoms with Crippen LogP contribution in [-0.4, -0.2) is 50.3 Å². The molecule has 158 valence electrons. The van der Waals surface area contributed by atoms with Gasteiger partial charge in [-0.05, 0) is 30.3 Å². The number of methoxy groups -OCH3 is 2. The largest absolute Gasteiger partial charge is 0.480 e. The van der Waals surface area contributed by atoms with Gasteiger partial charge in [0.15, 0.2) is 0 Å². The first-order valence-corrected chi connectivity index (χ1v) is 9.62. The highest BCUT2D eigenvalue weighted by Gasteiger charge is 2.19. The lowest BCUT2D eigenvalue weighted by Crippen LogP contribution is -2.07. The van der Waals surface area contributed by atoms with Crippen molar-refractivity contribution in [3.63, 3.8) is 0 Å². The van der Waals surface area contributed by atoms with Crippen molar-refractivity contribution in [3.8, 4) is 5.88 Å². The Kier molecular flexibility index (Phi) is 5.79. The SMILES string of the molecule is COC(=O)c1cc2cc(Cl)cc(Cn3cc(C(O)c4ccccn4)nn3)c2nc1OC. The number of esters is 1. The van der Waals surface area contributed by atoms with E-state index in [-0.39, 0.29) is 18.0 Å². The summed E-state index contributed by atoms with van der Waals surface area (Å²) in [6, 6.07) is 10.4. The number of aliphatic hydroxyl groups is 1. The number of halogens is 1. The van der Waals surface area contributed by atoms with Gasteiger partial charge in [-0.2, -0.15) is 0 Å². The molecule has 31 heavy (non-hydrogen) atoms. The van der Waals surface area contributed by atoms with Crippen LogP contribution in [-0.2, 0) is 11.3 Å². The van der Waals surface area contributed by atoms with E-state index in [0.29, 0.717) is 27.3 Å². The molecule has 3 heterocycles. The highest BCUT2D eigenvalue weighted by molar-refractivity contribution is 6.31. The maximum atomic E-state index is 12.1. The van der Waals surface area contributed by atoms with Crippen molar-refractivity contribution >= 4 is 28.5 Å². The van der Waals surface area contributed by atoms with E-state index in [4.69, 9.17) is 21.1 Å². The molecule has 10 heteroatoms. The number of carbonyl (C=O) groups excluding carboxylic acids is 1. The Morgan fingerprint density at radius 1 is 1.23 bits per heavy atom. The second kappa shape index (κ2) is 8.66. The number of nitrogens with zero attached hydrogens (tertiary/aromatic N) is 5. The molecule has 0 saturated heterocycles. The average Bonchev–Trinajstić information content (AvgIpc) is 3.26. The molecule has 0 spiro atoms. The Bertz CT molecular complexity index is 1250. The summed E-state index contributed by atoms with van der Waals surface area (Å²) in [5.74, 6) is -0.412. The molecule has 1 atom stereocenters. The number of ether oxygens (including phenoxy) is 2. The van der Waals surface area contributed by atoms with Gasteiger partial charge in [-0.3, -0.25) is 4.98 Å². The number of aromatic nitrogens is 5. The van der Waals surface area contributed by atoms with Gasteiger partial charge in [0.25, 0.3) is 0 Å². The van der Waals surface area contributed by atoms with Crippen LogP contribution < -0.4 is 4.74 Å². The Morgan fingerprint density at radius 3 is 2.77 bits per heavy atom. The minimum Gasteiger partial charge on any atom is -0.480 e. The van der Waals surface area contributed by atoms with Crippen molar-refractivity contribution in [1.29, 1.82) is 0 Å². The molecule has 4 rings (SSSR count). The van der Waals surface area contributed by atoms with Gasteiger partial charge in [-0.1, -0.05) is 22.9 Å². The third-order valence-corrected chi connectivity index (χ3v) is 4.88. The number of hydrogen-bond donors (Lipinski definition) is 1. The molecule has 1 aromatic carbocycles. The molecule has 0 fully saturated rings. The van der Waals surface area contributed by atoms with Crippen LogP contribution in [0.5, 0.6) is 5.88 Å². The second-order valence-corrected chi connectivity index (χ2v) is 7.11. The van der Waals surface area contributed by atoms with Gasteiger partial charge in [-0.15, -0.1) is 5.10 Å². The maximum absolute atomic E-state index is 12.1. The summed E-state index contributed by atoms with van der Waals surface area (Å²) in [6.07, 6.45) is 2.24. The van der Waals surface area contributed by atoms with Crippen molar-refractivity contribution in [2.75, 3.05) is 14.2 Å². The van der Waals surface area contributed by atoms with Gasteiger partial charge in [0.05, 0.1) is 38.2 Å². The number of rotatable bonds is 6. The van der Waals surface area contributed by atoms with Crippen LogP contribution in [0.3, 0.4) is 0 Å². The van der Waals surface area contributed by atoms with Crippen molar-refractivity contribution in [1.82, 2.24) is 25.0 Å². The molecule has 1 unspecified atom stereocenters. The summed E-state index contributed by atoms with van der Waals surface area (Å²) in [4.78, 5) is 20.7. The van der Waals surface area contributed by atoms with Crippen LogP contribution in [0.1, 0.15) is 33.4 Å². The minimum atomic E-state index is -0.994. The normalized spacial score (nSPS) is 12.0. The fourth-order valence-corrected chi connectivity index (χ4v) is 3.47. The van der Waals surface area contributed by atoms with E-state index >= 15 is 0 Å². The predicted octanol–water partition coefficient (Wildman–Crippen LogP) is 2.80. The van der Waals surface area contributed by atoms with Crippen molar-refractivity contribution in [2.45, 2.75) is 12.6 Å². The van der Waals surface area contributed by atoms with Gasteiger partial charge in [-0.25, -0.2) is 14.5 Å². The standard InChI is InChI=1S/C21H18ClN5O4/c1-30-20-15(21(29)31-2)9-12-7-14(22)8-13(18(12)24-20)10-27-11-17(25-26-27)19(28)16-5-3-4-6-23-16/h3-9,11,19,28H,10H2,1-2H3. The molecule has 1 N–H and O–H groups in total. The van der Waals surface area contributed by atoms with Crippen LogP contribution in [0, 0.1) is 0 Å². The minimum absolute atomic E-state index is 0.146. The smallest absolute Gasteiger partial charge is 0.343 e. The van der Waals surface area contributed by atoms with Gasteiger partial charge in [0, 0.05) is 22.2 Å². The lowest BCUT2D eigenvalue weighted by Gasteiger charge is -2.11. The quantitative estimate of drug-likeness (QED) is 0.456. The first-order valence-electron chi connectivity index (χ1n) is 9.24. The van der Waals surface area contributed by atoms with Crippen molar-refractivity contribution in [3.05, 3.63) is 76.3 Å². The molecule has 0 amide bonds. The number of pyridine rings is 2. The first-order chi connectivity index (χ1) is 15.0. The summed E-state index contributed by atoms with van der Waals surface area (Å²) in [5, 5.41) is 19.8. The average molecular weight is 440 g/mol. The maximum Gasteiger partial charge on any atom is 0.343 e. The zero-order chi connectivity index (χ0) is 22.0. The number of fused-ring (bicyclic) bond motifs is 1. The monoisotopic (exact) mass is 439 g/mol. The first kappa shape index (κ1) is 20.7. The summed E-state index contributed by atoms with van der Waals surface area (Å²) in [7, 11) is 2.72. The van der Waals surface area contributed by atoms with E-state index in [0.717, 1.165) is 5.56 Å². The highest BCUT2D eigenvalue weighted by Crippen LogP contribution is 2.29. The third-order valence-electron chi connectivity index (χ3n) is 4.66. The fraction of sp³-hybridized carbons (Fsp3) is 0.190. The van der Waals surface area contributed by atoms with Crippen LogP contribution in [0.4, 0.5) is 0 Å². The fourth-order valence-electron chi connectivity index (χ4n) is 3.22. The van der Waals surface area contributed by atoms with Crippen LogP contribution >= 0.6 is 11.6 Å². The lowest BCUT2D eigenvalue weighted by molar-refractivity contribution is 0.0596. The lowest BCUT2D eigenvalue weighted by atomic mass is 10.1. The number of aliphatic hydroxyl groups excluding tert-OH is 1. The van der Waals surface area contributed by atoms with E-state index < -0.39 is 12.1 Å². The molecule has 0 aliphatic heterocycles. The number of benzene rings is 1. The third kappa shape index (κ3) is 4.18. The molecule has 3 aromatic heterocycles. The zero-order valence-electron chi connectivity index (χ0n) is 16.7. The molecule has 0 aliphatic rings. The van der Waals surface area contributed by atoms with Gasteiger partial charge in [0.1, 0.15) is 17.4 Å². The van der Waals surface area contributed by atoms with E-state index in [9.17, 15) is 9.90 Å². The van der Waals surface area contributed by atoms with E-state index in [1.165, 1.54) is 14.2 Å². The van der Waals surface area contributed by atoms with Gasteiger partial charge >= 0.3 is 5.97 Å². The van der Waals surface area contributed by atoms with Crippen molar-refractivity contribution < 1.29 is 19.4 Å². The predicted molar refractivity (Wildman–Crippen MR) is 112 cm³/mol. The summed E-state index contributed by atoms with van der Waals surface area (Å²) in [5.41, 5.74) is 2.37. The van der Waals surface area contributed by atoms with E-state index in [1.807, 2.05) is 0 Å². The summed E-state index contributed by atoms with van der Waals surface area (Å²) in [6.45, 7) is 0.284. The summed E-state index contributed by atoms with van der Waals surface area (Å²) >= 11 is 6.30. The molecule has 0 aliphatic carbocycles. The van der Waals surface area contributed by atoms with E-state index in [1.54, 1.807) is 53.5 Å². The molecule has 0 saturated carbocycles. The van der Waals surface area contributed by atoms with Crippen LogP contribution in [0.25, 0.3) is 10.9 Å². The molecule has 0 radical (unpaired) electrons. The second-order valence-electron chi connectivity index (χ2n) is 6.67. The topological polar surface area (TPSA) is 112 Å².